The summed E-state index contributed by atoms with van der Waals surface area (Å²) in [5, 5.41) is 11.5. The molecule has 1 aliphatic heterocycles. The molecule has 0 aromatic heterocycles. The molecule has 2 unspecified atom stereocenters. The quantitative estimate of drug-likeness (QED) is 0.626. The molecular weight excluding hydrogens is 224 g/mol. The molecule has 0 bridgehead atoms. The van der Waals surface area contributed by atoms with Gasteiger partial charge in [-0.05, 0) is 39.9 Å². The number of hydrogen-bond acceptors (Lipinski definition) is 4. The Morgan fingerprint density at radius 1 is 1.35 bits per heavy atom. The monoisotopic (exact) mass is 244 g/mol. The Bertz CT molecular complexity index is 281. The van der Waals surface area contributed by atoms with Crippen molar-refractivity contribution in [3.05, 3.63) is 0 Å². The Morgan fingerprint density at radius 3 is 2.53 bits per heavy atom. The first-order valence-electron chi connectivity index (χ1n) is 5.81. The van der Waals surface area contributed by atoms with E-state index in [1.165, 1.54) is 0 Å². The lowest BCUT2D eigenvalue weighted by molar-refractivity contribution is -0.151. The second-order valence-corrected chi connectivity index (χ2v) is 4.48. The van der Waals surface area contributed by atoms with E-state index in [-0.39, 0.29) is 5.91 Å². The van der Waals surface area contributed by atoms with Crippen LogP contribution in [0.15, 0.2) is 0 Å². The standard InChI is InChI=1S/C11H20N2O4/c1-13(2)7-3-6-12-10(14)8-4-5-9(17-8)11(15)16/h8-9H,3-7H2,1-2H3,(H,12,14)(H,15,16). The fraction of sp³-hybridized carbons (Fsp3) is 0.818. The predicted molar refractivity (Wildman–Crippen MR) is 61.7 cm³/mol. The highest BCUT2D eigenvalue weighted by atomic mass is 16.5. The number of nitrogens with zero attached hydrogens (tertiary/aromatic N) is 1. The molecule has 0 aromatic carbocycles. The highest BCUT2D eigenvalue weighted by molar-refractivity contribution is 5.82. The van der Waals surface area contributed by atoms with Gasteiger partial charge >= 0.3 is 5.97 Å². The highest BCUT2D eigenvalue weighted by Gasteiger charge is 2.34. The summed E-state index contributed by atoms with van der Waals surface area (Å²) in [4.78, 5) is 24.3. The van der Waals surface area contributed by atoms with Crippen molar-refractivity contribution in [3.63, 3.8) is 0 Å². The largest absolute Gasteiger partial charge is 0.479 e. The Kier molecular flexibility index (Phi) is 5.37. The van der Waals surface area contributed by atoms with E-state index in [9.17, 15) is 9.59 Å². The van der Waals surface area contributed by atoms with E-state index in [0.717, 1.165) is 13.0 Å². The molecule has 1 amide bonds. The van der Waals surface area contributed by atoms with Crippen molar-refractivity contribution in [2.75, 3.05) is 27.2 Å². The van der Waals surface area contributed by atoms with Crippen LogP contribution in [0, 0.1) is 0 Å². The second kappa shape index (κ2) is 6.56. The van der Waals surface area contributed by atoms with Gasteiger partial charge in [0.1, 0.15) is 6.10 Å². The number of carbonyl (C=O) groups excluding carboxylic acids is 1. The van der Waals surface area contributed by atoms with E-state index in [4.69, 9.17) is 9.84 Å². The summed E-state index contributed by atoms with van der Waals surface area (Å²) < 4.78 is 5.14. The fourth-order valence-electron chi connectivity index (χ4n) is 1.73. The number of hydrogen-bond donors (Lipinski definition) is 2. The minimum Gasteiger partial charge on any atom is -0.479 e. The van der Waals surface area contributed by atoms with Crippen LogP contribution in [0.3, 0.4) is 0 Å². The zero-order chi connectivity index (χ0) is 12.8. The third-order valence-corrected chi connectivity index (χ3v) is 2.67. The zero-order valence-corrected chi connectivity index (χ0v) is 10.3. The smallest absolute Gasteiger partial charge is 0.332 e. The molecule has 1 rings (SSSR count). The van der Waals surface area contributed by atoms with Crippen molar-refractivity contribution in [2.45, 2.75) is 31.5 Å². The van der Waals surface area contributed by atoms with Gasteiger partial charge in [0, 0.05) is 6.54 Å². The average Bonchev–Trinajstić information content (AvgIpc) is 2.73. The van der Waals surface area contributed by atoms with E-state index in [0.29, 0.717) is 19.4 Å². The van der Waals surface area contributed by atoms with Crippen molar-refractivity contribution >= 4 is 11.9 Å². The summed E-state index contributed by atoms with van der Waals surface area (Å²) in [5.41, 5.74) is 0. The second-order valence-electron chi connectivity index (χ2n) is 4.48. The van der Waals surface area contributed by atoms with Crippen molar-refractivity contribution in [3.8, 4) is 0 Å². The van der Waals surface area contributed by atoms with Crippen LogP contribution in [0.1, 0.15) is 19.3 Å². The van der Waals surface area contributed by atoms with Crippen molar-refractivity contribution < 1.29 is 19.4 Å². The molecule has 2 atom stereocenters. The molecule has 0 saturated carbocycles. The van der Waals surface area contributed by atoms with Gasteiger partial charge in [0.15, 0.2) is 6.10 Å². The molecule has 98 valence electrons. The normalized spacial score (nSPS) is 23.9. The summed E-state index contributed by atoms with van der Waals surface area (Å²) in [6, 6.07) is 0. The summed E-state index contributed by atoms with van der Waals surface area (Å²) in [7, 11) is 3.94. The van der Waals surface area contributed by atoms with Crippen LogP contribution in [-0.2, 0) is 14.3 Å². The minimum atomic E-state index is -0.993. The van der Waals surface area contributed by atoms with Crippen molar-refractivity contribution in [1.29, 1.82) is 0 Å². The molecule has 17 heavy (non-hydrogen) atoms. The molecule has 0 aromatic rings. The van der Waals surface area contributed by atoms with Crippen molar-refractivity contribution in [1.82, 2.24) is 10.2 Å². The first-order valence-corrected chi connectivity index (χ1v) is 5.81. The molecule has 0 aliphatic carbocycles. The topological polar surface area (TPSA) is 78.9 Å². The van der Waals surface area contributed by atoms with Crippen molar-refractivity contribution in [2.24, 2.45) is 0 Å². The summed E-state index contributed by atoms with van der Waals surface area (Å²) in [5.74, 6) is -1.19. The number of aliphatic carboxylic acids is 1. The van der Waals surface area contributed by atoms with Gasteiger partial charge in [-0.3, -0.25) is 4.79 Å². The zero-order valence-electron chi connectivity index (χ0n) is 10.3. The SMILES string of the molecule is CN(C)CCCNC(=O)C1CCC(C(=O)O)O1. The average molecular weight is 244 g/mol. The van der Waals surface area contributed by atoms with E-state index >= 15 is 0 Å². The van der Waals surface area contributed by atoms with Gasteiger partial charge in [-0.1, -0.05) is 0 Å². The van der Waals surface area contributed by atoms with Gasteiger partial charge < -0.3 is 20.1 Å². The molecule has 0 spiro atoms. The van der Waals surface area contributed by atoms with Crippen LogP contribution >= 0.6 is 0 Å². The number of carboxylic acids is 1. The molecule has 6 heteroatoms. The Labute approximate surface area is 101 Å². The molecule has 1 heterocycles. The Balaban J connectivity index is 2.19. The molecule has 0 radical (unpaired) electrons. The van der Waals surface area contributed by atoms with Crippen LogP contribution < -0.4 is 5.32 Å². The van der Waals surface area contributed by atoms with Crippen LogP contribution in [-0.4, -0.2) is 61.3 Å². The van der Waals surface area contributed by atoms with E-state index in [2.05, 4.69) is 5.32 Å². The molecular formula is C11H20N2O4. The van der Waals surface area contributed by atoms with Gasteiger partial charge in [0.05, 0.1) is 0 Å². The molecule has 2 N–H and O–H groups in total. The Hall–Kier alpha value is -1.14. The molecule has 1 fully saturated rings. The van der Waals surface area contributed by atoms with Gasteiger partial charge in [-0.25, -0.2) is 4.79 Å². The Morgan fingerprint density at radius 2 is 2.00 bits per heavy atom. The molecule has 1 aliphatic rings. The number of ether oxygens (including phenoxy) is 1. The summed E-state index contributed by atoms with van der Waals surface area (Å²) >= 11 is 0. The molecule has 6 nitrogen and oxygen atoms in total. The lowest BCUT2D eigenvalue weighted by Gasteiger charge is -2.13. The van der Waals surface area contributed by atoms with Gasteiger partial charge in [0.25, 0.3) is 0 Å². The summed E-state index contributed by atoms with van der Waals surface area (Å²) in [6.07, 6.45) is 0.332. The molecule has 1 saturated heterocycles. The number of rotatable bonds is 6. The minimum absolute atomic E-state index is 0.201. The number of carbonyl (C=O) groups is 2. The maximum atomic E-state index is 11.6. The van der Waals surface area contributed by atoms with Gasteiger partial charge in [-0.2, -0.15) is 0 Å². The van der Waals surface area contributed by atoms with Crippen LogP contribution in [0.4, 0.5) is 0 Å². The van der Waals surface area contributed by atoms with E-state index in [1.54, 1.807) is 0 Å². The first-order chi connectivity index (χ1) is 8.00. The summed E-state index contributed by atoms with van der Waals surface area (Å²) in [6.45, 7) is 1.50. The predicted octanol–water partition coefficient (Wildman–Crippen LogP) is -0.313. The number of carboxylic acid groups (broad SMARTS) is 1. The van der Waals surface area contributed by atoms with E-state index < -0.39 is 18.2 Å². The lowest BCUT2D eigenvalue weighted by Crippen LogP contribution is -2.36. The van der Waals surface area contributed by atoms with Crippen LogP contribution in [0.2, 0.25) is 0 Å². The third kappa shape index (κ3) is 4.70. The number of amides is 1. The van der Waals surface area contributed by atoms with E-state index in [1.807, 2.05) is 19.0 Å². The maximum Gasteiger partial charge on any atom is 0.332 e. The number of nitrogens with one attached hydrogen (secondary N) is 1. The first kappa shape index (κ1) is 13.9. The fourth-order valence-corrected chi connectivity index (χ4v) is 1.73. The van der Waals surface area contributed by atoms with Gasteiger partial charge in [-0.15, -0.1) is 0 Å². The highest BCUT2D eigenvalue weighted by Crippen LogP contribution is 2.19. The lowest BCUT2D eigenvalue weighted by atomic mass is 10.2. The van der Waals surface area contributed by atoms with Crippen LogP contribution in [0.25, 0.3) is 0 Å². The van der Waals surface area contributed by atoms with Crippen LogP contribution in [0.5, 0.6) is 0 Å². The maximum absolute atomic E-state index is 11.6. The third-order valence-electron chi connectivity index (χ3n) is 2.67. The van der Waals surface area contributed by atoms with Gasteiger partial charge in [0.2, 0.25) is 5.91 Å².